The predicted octanol–water partition coefficient (Wildman–Crippen LogP) is 10.3. The predicted molar refractivity (Wildman–Crippen MR) is 172 cm³/mol. The van der Waals surface area contributed by atoms with Gasteiger partial charge >= 0.3 is 0 Å². The highest BCUT2D eigenvalue weighted by molar-refractivity contribution is 6.14. The molecule has 8 aromatic rings. The maximum Gasteiger partial charge on any atom is 0.0948 e. The number of nitrogens with zero attached hydrogens (tertiary/aromatic N) is 2. The summed E-state index contributed by atoms with van der Waals surface area (Å²) in [6.07, 6.45) is 1.94. The van der Waals surface area contributed by atoms with Crippen LogP contribution in [0.25, 0.3) is 71.8 Å². The van der Waals surface area contributed by atoms with Crippen LogP contribution in [0.3, 0.4) is 0 Å². The first-order valence-electron chi connectivity index (χ1n) is 14.0. The molecule has 2 aromatic heterocycles. The van der Waals surface area contributed by atoms with Gasteiger partial charge in [0.25, 0.3) is 0 Å². The molecule has 0 spiro atoms. The van der Waals surface area contributed by atoms with Crippen LogP contribution < -0.4 is 0 Å². The Hall–Kier alpha value is -5.47. The van der Waals surface area contributed by atoms with Gasteiger partial charge in [0.05, 0.1) is 16.7 Å². The van der Waals surface area contributed by atoms with Crippen molar-refractivity contribution in [3.05, 3.63) is 158 Å². The van der Waals surface area contributed by atoms with E-state index in [1.54, 1.807) is 0 Å². The average molecular weight is 523 g/mol. The van der Waals surface area contributed by atoms with Crippen molar-refractivity contribution >= 4 is 32.6 Å². The van der Waals surface area contributed by atoms with Crippen LogP contribution in [0.15, 0.2) is 158 Å². The van der Waals surface area contributed by atoms with E-state index in [2.05, 4.69) is 156 Å². The summed E-state index contributed by atoms with van der Waals surface area (Å²) in [5.41, 5.74) is 10.3. The van der Waals surface area contributed by atoms with Crippen LogP contribution in [-0.4, -0.2) is 9.55 Å². The summed E-state index contributed by atoms with van der Waals surface area (Å²) >= 11 is 0. The third-order valence-corrected chi connectivity index (χ3v) is 8.04. The van der Waals surface area contributed by atoms with Gasteiger partial charge < -0.3 is 4.57 Å². The van der Waals surface area contributed by atoms with Crippen LogP contribution in [0, 0.1) is 0 Å². The molecular formula is C39H26N2. The van der Waals surface area contributed by atoms with Gasteiger partial charge in [0.15, 0.2) is 0 Å². The number of hydrogen-bond donors (Lipinski definition) is 0. The van der Waals surface area contributed by atoms with E-state index >= 15 is 0 Å². The average Bonchev–Trinajstić information content (AvgIpc) is 3.39. The van der Waals surface area contributed by atoms with Crippen LogP contribution in [0.2, 0.25) is 0 Å². The fourth-order valence-corrected chi connectivity index (χ4v) is 6.02. The van der Waals surface area contributed by atoms with Crippen LogP contribution in [0.1, 0.15) is 0 Å². The third kappa shape index (κ3) is 4.00. The van der Waals surface area contributed by atoms with E-state index in [9.17, 15) is 0 Å². The lowest BCUT2D eigenvalue weighted by Gasteiger charge is -2.12. The third-order valence-electron chi connectivity index (χ3n) is 8.04. The molecule has 0 amide bonds. The number of benzene rings is 6. The zero-order valence-corrected chi connectivity index (χ0v) is 22.4. The van der Waals surface area contributed by atoms with Gasteiger partial charge in [-0.15, -0.1) is 0 Å². The molecule has 2 heterocycles. The quantitative estimate of drug-likeness (QED) is 0.225. The SMILES string of the molecule is c1ccc(-c2ccc(-n3c4ccc(-c5ccc6ccccc6c5)cc4c4ccnc(-c5ccccc5)c43)cc2)cc1. The molecule has 2 heteroatoms. The maximum absolute atomic E-state index is 4.92. The van der Waals surface area contributed by atoms with Crippen molar-refractivity contribution < 1.29 is 0 Å². The van der Waals surface area contributed by atoms with E-state index in [-0.39, 0.29) is 0 Å². The number of pyridine rings is 1. The van der Waals surface area contributed by atoms with Gasteiger partial charge in [-0.3, -0.25) is 4.98 Å². The van der Waals surface area contributed by atoms with Crippen molar-refractivity contribution in [1.29, 1.82) is 0 Å². The van der Waals surface area contributed by atoms with Crippen LogP contribution in [0.4, 0.5) is 0 Å². The van der Waals surface area contributed by atoms with E-state index < -0.39 is 0 Å². The van der Waals surface area contributed by atoms with Crippen molar-refractivity contribution in [1.82, 2.24) is 9.55 Å². The highest BCUT2D eigenvalue weighted by atomic mass is 15.0. The van der Waals surface area contributed by atoms with Crippen molar-refractivity contribution in [3.63, 3.8) is 0 Å². The monoisotopic (exact) mass is 522 g/mol. The number of rotatable bonds is 4. The van der Waals surface area contributed by atoms with Gasteiger partial charge in [-0.1, -0.05) is 115 Å². The molecule has 0 unspecified atom stereocenters. The van der Waals surface area contributed by atoms with Gasteiger partial charge in [0.2, 0.25) is 0 Å². The Bertz CT molecular complexity index is 2170. The second-order valence-corrected chi connectivity index (χ2v) is 10.5. The highest BCUT2D eigenvalue weighted by Crippen LogP contribution is 2.39. The summed E-state index contributed by atoms with van der Waals surface area (Å²) in [6, 6.07) is 54.2. The standard InChI is InChI=1S/C39H26N2/c1-3-9-27(10-4-1)29-17-20-34(21-18-29)41-37-22-19-33(32-16-15-28-11-7-8-14-31(28)25-32)26-36(37)35-23-24-40-38(39(35)41)30-12-5-2-6-13-30/h1-26H. The zero-order chi connectivity index (χ0) is 27.2. The fourth-order valence-electron chi connectivity index (χ4n) is 6.02. The molecule has 0 radical (unpaired) electrons. The maximum atomic E-state index is 4.92. The molecule has 8 rings (SSSR count). The van der Waals surface area contributed by atoms with E-state index in [0.717, 1.165) is 22.5 Å². The lowest BCUT2D eigenvalue weighted by atomic mass is 9.99. The lowest BCUT2D eigenvalue weighted by molar-refractivity contribution is 1.17. The van der Waals surface area contributed by atoms with Gasteiger partial charge in [0.1, 0.15) is 0 Å². The summed E-state index contributed by atoms with van der Waals surface area (Å²) in [5.74, 6) is 0. The number of hydrogen-bond acceptors (Lipinski definition) is 1. The molecule has 0 N–H and O–H groups in total. The van der Waals surface area contributed by atoms with Crippen LogP contribution in [0.5, 0.6) is 0 Å². The Balaban J connectivity index is 1.37. The number of fused-ring (bicyclic) bond motifs is 4. The van der Waals surface area contributed by atoms with Gasteiger partial charge in [-0.05, 0) is 69.4 Å². The zero-order valence-electron chi connectivity index (χ0n) is 22.4. The molecule has 0 aliphatic carbocycles. The first-order valence-corrected chi connectivity index (χ1v) is 14.0. The smallest absolute Gasteiger partial charge is 0.0948 e. The highest BCUT2D eigenvalue weighted by Gasteiger charge is 2.18. The number of aromatic nitrogens is 2. The molecule has 0 atom stereocenters. The summed E-state index contributed by atoms with van der Waals surface area (Å²) in [4.78, 5) is 4.92. The normalized spacial score (nSPS) is 11.4. The molecule has 0 aliphatic rings. The molecule has 0 aliphatic heterocycles. The molecule has 41 heavy (non-hydrogen) atoms. The molecule has 0 saturated carbocycles. The summed E-state index contributed by atoms with van der Waals surface area (Å²) < 4.78 is 2.37. The van der Waals surface area contributed by atoms with Crippen molar-refractivity contribution in [3.8, 4) is 39.2 Å². The van der Waals surface area contributed by atoms with Crippen molar-refractivity contribution in [2.75, 3.05) is 0 Å². The van der Waals surface area contributed by atoms with E-state index in [1.807, 2.05) is 6.20 Å². The van der Waals surface area contributed by atoms with Crippen LogP contribution in [-0.2, 0) is 0 Å². The van der Waals surface area contributed by atoms with Crippen molar-refractivity contribution in [2.45, 2.75) is 0 Å². The fraction of sp³-hybridized carbons (Fsp3) is 0. The Kier molecular flexibility index (Phi) is 5.49. The largest absolute Gasteiger partial charge is 0.307 e. The van der Waals surface area contributed by atoms with Gasteiger partial charge in [-0.2, -0.15) is 0 Å². The molecule has 0 fully saturated rings. The topological polar surface area (TPSA) is 17.8 Å². The molecule has 2 nitrogen and oxygen atoms in total. The summed E-state index contributed by atoms with van der Waals surface area (Å²) in [5, 5.41) is 4.93. The first kappa shape index (κ1) is 23.4. The Morgan fingerprint density at radius 2 is 1.02 bits per heavy atom. The molecule has 192 valence electrons. The minimum absolute atomic E-state index is 0.985. The Morgan fingerprint density at radius 1 is 0.415 bits per heavy atom. The molecule has 0 bridgehead atoms. The van der Waals surface area contributed by atoms with E-state index in [0.29, 0.717) is 0 Å². The minimum atomic E-state index is 0.985. The molecule has 0 saturated heterocycles. The second-order valence-electron chi connectivity index (χ2n) is 10.5. The first-order chi connectivity index (χ1) is 20.3. The van der Waals surface area contributed by atoms with Gasteiger partial charge in [0, 0.05) is 28.2 Å². The lowest BCUT2D eigenvalue weighted by Crippen LogP contribution is -1.97. The molecular weight excluding hydrogens is 496 g/mol. The molecule has 6 aromatic carbocycles. The van der Waals surface area contributed by atoms with E-state index in [1.165, 1.54) is 49.3 Å². The van der Waals surface area contributed by atoms with Gasteiger partial charge in [-0.25, -0.2) is 0 Å². The summed E-state index contributed by atoms with van der Waals surface area (Å²) in [7, 11) is 0. The summed E-state index contributed by atoms with van der Waals surface area (Å²) in [6.45, 7) is 0. The van der Waals surface area contributed by atoms with Crippen molar-refractivity contribution in [2.24, 2.45) is 0 Å². The second kappa shape index (κ2) is 9.62. The Labute approximate surface area is 238 Å². The Morgan fingerprint density at radius 3 is 1.80 bits per heavy atom. The van der Waals surface area contributed by atoms with E-state index in [4.69, 9.17) is 4.98 Å². The minimum Gasteiger partial charge on any atom is -0.307 e. The van der Waals surface area contributed by atoms with Crippen LogP contribution >= 0.6 is 0 Å².